The van der Waals surface area contributed by atoms with Crippen molar-refractivity contribution in [3.05, 3.63) is 65.8 Å². The monoisotopic (exact) mass is 325 g/mol. The molecular weight excluding hydrogens is 314 g/mol. The predicted molar refractivity (Wildman–Crippen MR) is 90.3 cm³/mol. The molecule has 0 fully saturated rings. The van der Waals surface area contributed by atoms with E-state index in [1.165, 1.54) is 11.8 Å². The zero-order valence-electron chi connectivity index (χ0n) is 11.6. The minimum Gasteiger partial charge on any atom is -0.287 e. The Kier molecular flexibility index (Phi) is 4.47. The van der Waals surface area contributed by atoms with Gasteiger partial charge in [-0.25, -0.2) is 4.98 Å². The largest absolute Gasteiger partial charge is 0.287 e. The van der Waals surface area contributed by atoms with E-state index in [2.05, 4.69) is 15.6 Å². The molecule has 22 heavy (non-hydrogen) atoms. The highest BCUT2D eigenvalue weighted by Gasteiger charge is 2.13. The number of rotatable bonds is 4. The van der Waals surface area contributed by atoms with Crippen molar-refractivity contribution < 1.29 is 0 Å². The van der Waals surface area contributed by atoms with Crippen molar-refractivity contribution in [2.45, 2.75) is 5.16 Å². The highest BCUT2D eigenvalue weighted by molar-refractivity contribution is 7.99. The molecule has 0 atom stereocenters. The summed E-state index contributed by atoms with van der Waals surface area (Å²) in [5.41, 5.74) is 3.03. The molecule has 1 aromatic heterocycles. The zero-order chi connectivity index (χ0) is 15.4. The lowest BCUT2D eigenvalue weighted by Crippen LogP contribution is -1.99. The van der Waals surface area contributed by atoms with Gasteiger partial charge >= 0.3 is 0 Å². The van der Waals surface area contributed by atoms with Crippen molar-refractivity contribution in [1.82, 2.24) is 9.55 Å². The molecule has 0 N–H and O–H groups in total. The SMILES string of the molecule is N#CCSc1ncc(-c2ccc(Cl)cc2)n1-c1ccccc1. The molecule has 0 aliphatic carbocycles. The lowest BCUT2D eigenvalue weighted by atomic mass is 10.1. The van der Waals surface area contributed by atoms with Gasteiger partial charge in [-0.05, 0) is 24.3 Å². The Bertz CT molecular complexity index is 804. The molecule has 0 spiro atoms. The van der Waals surface area contributed by atoms with Crippen LogP contribution in [0.1, 0.15) is 0 Å². The van der Waals surface area contributed by atoms with E-state index in [-0.39, 0.29) is 0 Å². The second-order valence-electron chi connectivity index (χ2n) is 4.55. The number of nitrogens with zero attached hydrogens (tertiary/aromatic N) is 3. The molecule has 0 aliphatic heterocycles. The number of halogens is 1. The number of aromatic nitrogens is 2. The third kappa shape index (κ3) is 3.01. The van der Waals surface area contributed by atoms with Gasteiger partial charge in [-0.1, -0.05) is 53.7 Å². The lowest BCUT2D eigenvalue weighted by molar-refractivity contribution is 0.902. The summed E-state index contributed by atoms with van der Waals surface area (Å²) in [5.74, 6) is 0.365. The number of thioether (sulfide) groups is 1. The van der Waals surface area contributed by atoms with Gasteiger partial charge in [0.05, 0.1) is 23.7 Å². The Morgan fingerprint density at radius 2 is 1.82 bits per heavy atom. The fourth-order valence-electron chi connectivity index (χ4n) is 2.18. The second-order valence-corrected chi connectivity index (χ2v) is 5.93. The molecular formula is C17H12ClN3S. The average Bonchev–Trinajstić information content (AvgIpc) is 2.98. The van der Waals surface area contributed by atoms with Crippen LogP contribution >= 0.6 is 23.4 Å². The van der Waals surface area contributed by atoms with Gasteiger partial charge in [0, 0.05) is 16.3 Å². The van der Waals surface area contributed by atoms with Crippen LogP contribution in [-0.2, 0) is 0 Å². The van der Waals surface area contributed by atoms with Gasteiger partial charge in [0.25, 0.3) is 0 Å². The third-order valence-corrected chi connectivity index (χ3v) is 4.22. The summed E-state index contributed by atoms with van der Waals surface area (Å²) < 4.78 is 2.06. The zero-order valence-corrected chi connectivity index (χ0v) is 13.2. The summed E-state index contributed by atoms with van der Waals surface area (Å²) in [4.78, 5) is 4.47. The van der Waals surface area contributed by atoms with Crippen LogP contribution in [0.15, 0.2) is 66.0 Å². The summed E-state index contributed by atoms with van der Waals surface area (Å²) in [7, 11) is 0. The molecule has 0 amide bonds. The van der Waals surface area contributed by atoms with E-state index in [0.29, 0.717) is 10.8 Å². The molecule has 3 nitrogen and oxygen atoms in total. The molecule has 0 aliphatic rings. The van der Waals surface area contributed by atoms with Crippen molar-refractivity contribution in [1.29, 1.82) is 5.26 Å². The Morgan fingerprint density at radius 3 is 2.50 bits per heavy atom. The van der Waals surface area contributed by atoms with Crippen molar-refractivity contribution in [3.8, 4) is 23.0 Å². The summed E-state index contributed by atoms with van der Waals surface area (Å²) in [5, 5.41) is 10.3. The van der Waals surface area contributed by atoms with E-state index in [4.69, 9.17) is 16.9 Å². The fraction of sp³-hybridized carbons (Fsp3) is 0.0588. The average molecular weight is 326 g/mol. The van der Waals surface area contributed by atoms with Crippen LogP contribution in [-0.4, -0.2) is 15.3 Å². The van der Waals surface area contributed by atoms with Crippen LogP contribution in [0.25, 0.3) is 16.9 Å². The smallest absolute Gasteiger partial charge is 0.174 e. The van der Waals surface area contributed by atoms with Crippen LogP contribution in [0.4, 0.5) is 0 Å². The van der Waals surface area contributed by atoms with Gasteiger partial charge in [0.15, 0.2) is 5.16 Å². The topological polar surface area (TPSA) is 41.6 Å². The van der Waals surface area contributed by atoms with Gasteiger partial charge in [-0.15, -0.1) is 0 Å². The number of para-hydroxylation sites is 1. The van der Waals surface area contributed by atoms with Crippen molar-refractivity contribution in [2.75, 3.05) is 5.75 Å². The highest BCUT2D eigenvalue weighted by Crippen LogP contribution is 2.30. The van der Waals surface area contributed by atoms with Crippen LogP contribution in [0.5, 0.6) is 0 Å². The summed E-state index contributed by atoms with van der Waals surface area (Å²) >= 11 is 7.39. The number of imidazole rings is 1. The van der Waals surface area contributed by atoms with Crippen LogP contribution < -0.4 is 0 Å². The first-order chi connectivity index (χ1) is 10.8. The summed E-state index contributed by atoms with van der Waals surface area (Å²) in [6.07, 6.45) is 1.83. The van der Waals surface area contributed by atoms with Crippen molar-refractivity contribution in [2.24, 2.45) is 0 Å². The molecule has 0 bridgehead atoms. The van der Waals surface area contributed by atoms with E-state index >= 15 is 0 Å². The minimum atomic E-state index is 0.365. The van der Waals surface area contributed by atoms with E-state index in [1.807, 2.05) is 60.8 Å². The minimum absolute atomic E-state index is 0.365. The molecule has 3 aromatic rings. The van der Waals surface area contributed by atoms with Crippen LogP contribution in [0.2, 0.25) is 5.02 Å². The van der Waals surface area contributed by atoms with E-state index in [0.717, 1.165) is 22.1 Å². The molecule has 0 saturated carbocycles. The van der Waals surface area contributed by atoms with Crippen molar-refractivity contribution >= 4 is 23.4 Å². The Morgan fingerprint density at radius 1 is 1.09 bits per heavy atom. The molecule has 0 unspecified atom stereocenters. The van der Waals surface area contributed by atoms with Gasteiger partial charge < -0.3 is 0 Å². The van der Waals surface area contributed by atoms with Gasteiger partial charge in [0.1, 0.15) is 0 Å². The number of hydrogen-bond donors (Lipinski definition) is 0. The lowest BCUT2D eigenvalue weighted by Gasteiger charge is -2.11. The number of nitriles is 1. The molecule has 108 valence electrons. The first-order valence-corrected chi connectivity index (χ1v) is 8.05. The molecule has 0 saturated heterocycles. The van der Waals surface area contributed by atoms with Gasteiger partial charge in [0.2, 0.25) is 0 Å². The Hall–Kier alpha value is -2.22. The van der Waals surface area contributed by atoms with Gasteiger partial charge in [-0.3, -0.25) is 4.57 Å². The van der Waals surface area contributed by atoms with Crippen molar-refractivity contribution in [3.63, 3.8) is 0 Å². The predicted octanol–water partition coefficient (Wildman–Crippen LogP) is 4.81. The third-order valence-electron chi connectivity index (χ3n) is 3.15. The fourth-order valence-corrected chi connectivity index (χ4v) is 2.96. The van der Waals surface area contributed by atoms with Gasteiger partial charge in [-0.2, -0.15) is 5.26 Å². The quantitative estimate of drug-likeness (QED) is 0.646. The summed E-state index contributed by atoms with van der Waals surface area (Å²) in [6.45, 7) is 0. The maximum Gasteiger partial charge on any atom is 0.174 e. The molecule has 3 rings (SSSR count). The number of hydrogen-bond acceptors (Lipinski definition) is 3. The second kappa shape index (κ2) is 6.69. The van der Waals surface area contributed by atoms with E-state index in [9.17, 15) is 0 Å². The van der Waals surface area contributed by atoms with Crippen LogP contribution in [0, 0.1) is 11.3 Å². The Labute approximate surface area is 138 Å². The number of benzene rings is 2. The standard InChI is InChI=1S/C17H12ClN3S/c18-14-8-6-13(7-9-14)16-12-20-17(22-11-10-19)21(16)15-4-2-1-3-5-15/h1-9,12H,11H2. The first kappa shape index (κ1) is 14.7. The van der Waals surface area contributed by atoms with E-state index < -0.39 is 0 Å². The molecule has 5 heteroatoms. The summed E-state index contributed by atoms with van der Waals surface area (Å²) in [6, 6.07) is 19.8. The molecule has 2 aromatic carbocycles. The highest BCUT2D eigenvalue weighted by atomic mass is 35.5. The maximum atomic E-state index is 8.82. The first-order valence-electron chi connectivity index (χ1n) is 6.68. The van der Waals surface area contributed by atoms with E-state index in [1.54, 1.807) is 0 Å². The normalized spacial score (nSPS) is 10.4. The maximum absolute atomic E-state index is 8.82. The molecule has 1 heterocycles. The Balaban J connectivity index is 2.12. The molecule has 0 radical (unpaired) electrons. The van der Waals surface area contributed by atoms with Crippen LogP contribution in [0.3, 0.4) is 0 Å².